The molecule has 0 saturated heterocycles. The maximum Gasteiger partial charge on any atom is 0.210 e. The summed E-state index contributed by atoms with van der Waals surface area (Å²) in [4.78, 5) is 12.4. The Hall–Kier alpha value is -2.72. The molecular formula is C19H19BrN4O4S. The summed E-state index contributed by atoms with van der Waals surface area (Å²) in [5, 5.41) is 8.67. The van der Waals surface area contributed by atoms with Crippen LogP contribution in [0.5, 0.6) is 17.2 Å². The number of ether oxygens (including phenoxy) is 3. The van der Waals surface area contributed by atoms with E-state index in [1.165, 1.54) is 37.8 Å². The minimum atomic E-state index is -0.0279. The molecule has 2 aromatic carbocycles. The topological polar surface area (TPSA) is 101 Å². The molecule has 0 aliphatic carbocycles. The van der Waals surface area contributed by atoms with Crippen molar-refractivity contribution in [1.82, 2.24) is 14.9 Å². The minimum absolute atomic E-state index is 0.0279. The second-order valence-electron chi connectivity index (χ2n) is 5.81. The predicted molar refractivity (Wildman–Crippen MR) is 114 cm³/mol. The van der Waals surface area contributed by atoms with Crippen molar-refractivity contribution in [3.05, 3.63) is 46.4 Å². The fraction of sp³-hybridized carbons (Fsp3) is 0.211. The number of benzene rings is 2. The first kappa shape index (κ1) is 21.0. The molecule has 29 heavy (non-hydrogen) atoms. The number of thioether (sulfide) groups is 1. The number of nitrogen functional groups attached to an aromatic ring is 1. The Kier molecular flexibility index (Phi) is 6.65. The summed E-state index contributed by atoms with van der Waals surface area (Å²) in [6, 6.07) is 10.6. The van der Waals surface area contributed by atoms with E-state index in [-0.39, 0.29) is 11.5 Å². The molecule has 10 heteroatoms. The summed E-state index contributed by atoms with van der Waals surface area (Å²) >= 11 is 4.57. The van der Waals surface area contributed by atoms with Crippen LogP contribution in [0, 0.1) is 0 Å². The highest BCUT2D eigenvalue weighted by atomic mass is 79.9. The first-order chi connectivity index (χ1) is 14.0. The van der Waals surface area contributed by atoms with Crippen molar-refractivity contribution in [1.29, 1.82) is 0 Å². The minimum Gasteiger partial charge on any atom is -0.493 e. The van der Waals surface area contributed by atoms with Gasteiger partial charge in [-0.1, -0.05) is 39.8 Å². The van der Waals surface area contributed by atoms with E-state index in [9.17, 15) is 4.79 Å². The highest BCUT2D eigenvalue weighted by molar-refractivity contribution is 9.10. The van der Waals surface area contributed by atoms with Gasteiger partial charge < -0.3 is 20.1 Å². The Bertz CT molecular complexity index is 999. The van der Waals surface area contributed by atoms with Crippen molar-refractivity contribution in [2.45, 2.75) is 5.16 Å². The molecule has 1 aromatic heterocycles. The third-order valence-electron chi connectivity index (χ3n) is 4.09. The lowest BCUT2D eigenvalue weighted by Gasteiger charge is -2.13. The summed E-state index contributed by atoms with van der Waals surface area (Å²) in [6.07, 6.45) is 0. The molecule has 0 amide bonds. The number of Topliss-reactive ketones (excluding diaryl/α,β-unsaturated/α-hetero) is 1. The van der Waals surface area contributed by atoms with Crippen LogP contribution >= 0.6 is 27.7 Å². The van der Waals surface area contributed by atoms with Gasteiger partial charge in [0.05, 0.1) is 27.1 Å². The molecule has 0 unspecified atom stereocenters. The number of nitrogens with zero attached hydrogens (tertiary/aromatic N) is 3. The lowest BCUT2D eigenvalue weighted by molar-refractivity contribution is 0.102. The monoisotopic (exact) mass is 478 g/mol. The number of hydrogen-bond acceptors (Lipinski definition) is 8. The zero-order valence-corrected chi connectivity index (χ0v) is 18.4. The van der Waals surface area contributed by atoms with Crippen molar-refractivity contribution >= 4 is 33.5 Å². The van der Waals surface area contributed by atoms with Crippen molar-refractivity contribution in [3.63, 3.8) is 0 Å². The van der Waals surface area contributed by atoms with Crippen LogP contribution in [0.25, 0.3) is 11.4 Å². The van der Waals surface area contributed by atoms with Gasteiger partial charge in [0, 0.05) is 15.6 Å². The van der Waals surface area contributed by atoms with E-state index in [0.717, 1.165) is 4.47 Å². The largest absolute Gasteiger partial charge is 0.493 e. The van der Waals surface area contributed by atoms with Gasteiger partial charge in [0.25, 0.3) is 0 Å². The molecular weight excluding hydrogens is 460 g/mol. The van der Waals surface area contributed by atoms with E-state index >= 15 is 0 Å². The lowest BCUT2D eigenvalue weighted by Crippen LogP contribution is -2.13. The maximum absolute atomic E-state index is 12.4. The van der Waals surface area contributed by atoms with E-state index in [1.807, 2.05) is 12.1 Å². The Labute approximate surface area is 180 Å². The highest BCUT2D eigenvalue weighted by Gasteiger charge is 2.19. The fourth-order valence-corrected chi connectivity index (χ4v) is 3.65. The average molecular weight is 479 g/mol. The van der Waals surface area contributed by atoms with Crippen LogP contribution in [0.3, 0.4) is 0 Å². The van der Waals surface area contributed by atoms with Crippen molar-refractivity contribution in [3.8, 4) is 28.6 Å². The lowest BCUT2D eigenvalue weighted by atomic mass is 10.1. The second-order valence-corrected chi connectivity index (χ2v) is 7.67. The number of halogens is 1. The van der Waals surface area contributed by atoms with Crippen LogP contribution in [0.15, 0.2) is 46.0 Å². The van der Waals surface area contributed by atoms with Gasteiger partial charge in [-0.3, -0.25) is 4.79 Å². The van der Waals surface area contributed by atoms with E-state index in [2.05, 4.69) is 26.1 Å². The van der Waals surface area contributed by atoms with Gasteiger partial charge >= 0.3 is 0 Å². The highest BCUT2D eigenvalue weighted by Crippen LogP contribution is 2.40. The van der Waals surface area contributed by atoms with E-state index in [0.29, 0.717) is 39.4 Å². The average Bonchev–Trinajstić information content (AvgIpc) is 3.11. The number of carbonyl (C=O) groups excluding carboxylic acids is 1. The van der Waals surface area contributed by atoms with Crippen LogP contribution in [0.2, 0.25) is 0 Å². The molecule has 8 nitrogen and oxygen atoms in total. The van der Waals surface area contributed by atoms with Crippen LogP contribution < -0.4 is 20.1 Å². The molecule has 0 radical (unpaired) electrons. The van der Waals surface area contributed by atoms with Crippen molar-refractivity contribution in [2.75, 3.05) is 32.9 Å². The molecule has 2 N–H and O–H groups in total. The molecule has 3 rings (SSSR count). The summed E-state index contributed by atoms with van der Waals surface area (Å²) < 4.78 is 18.3. The SMILES string of the molecule is COc1cc(-c2nnc(SCC(=O)c3ccc(Br)cc3)n2N)cc(OC)c1OC. The van der Waals surface area contributed by atoms with Gasteiger partial charge in [0.15, 0.2) is 23.1 Å². The van der Waals surface area contributed by atoms with Crippen molar-refractivity contribution < 1.29 is 19.0 Å². The molecule has 0 aliphatic heterocycles. The number of aromatic nitrogens is 3. The Morgan fingerprint density at radius 2 is 1.69 bits per heavy atom. The zero-order chi connectivity index (χ0) is 21.0. The fourth-order valence-electron chi connectivity index (χ4n) is 2.63. The van der Waals surface area contributed by atoms with E-state index < -0.39 is 0 Å². The summed E-state index contributed by atoms with van der Waals surface area (Å²) in [6.45, 7) is 0. The smallest absolute Gasteiger partial charge is 0.210 e. The van der Waals surface area contributed by atoms with E-state index in [4.69, 9.17) is 20.1 Å². The van der Waals surface area contributed by atoms with Gasteiger partial charge in [-0.25, -0.2) is 4.68 Å². The van der Waals surface area contributed by atoms with Gasteiger partial charge in [-0.2, -0.15) is 0 Å². The normalized spacial score (nSPS) is 10.6. The summed E-state index contributed by atoms with van der Waals surface area (Å²) in [5.74, 6) is 8.16. The van der Waals surface area contributed by atoms with Crippen LogP contribution in [0.4, 0.5) is 0 Å². The van der Waals surface area contributed by atoms with Crippen LogP contribution in [0.1, 0.15) is 10.4 Å². The van der Waals surface area contributed by atoms with Gasteiger partial charge in [0.2, 0.25) is 10.9 Å². The zero-order valence-electron chi connectivity index (χ0n) is 16.0. The molecule has 3 aromatic rings. The van der Waals surface area contributed by atoms with Gasteiger partial charge in [0.1, 0.15) is 0 Å². The molecule has 0 bridgehead atoms. The summed E-state index contributed by atoms with van der Waals surface area (Å²) in [7, 11) is 4.59. The molecule has 0 spiro atoms. The predicted octanol–water partition coefficient (Wildman–Crippen LogP) is 3.42. The first-order valence-electron chi connectivity index (χ1n) is 8.41. The molecule has 0 fully saturated rings. The van der Waals surface area contributed by atoms with Gasteiger partial charge in [-0.05, 0) is 24.3 Å². The second kappa shape index (κ2) is 9.19. The number of methoxy groups -OCH3 is 3. The standard InChI is InChI=1S/C19H19BrN4O4S/c1-26-15-8-12(9-16(27-2)17(15)28-3)18-22-23-19(24(18)21)29-10-14(25)11-4-6-13(20)7-5-11/h4-9H,10,21H2,1-3H3. The van der Waals surface area contributed by atoms with Crippen molar-refractivity contribution in [2.24, 2.45) is 0 Å². The number of hydrogen-bond donors (Lipinski definition) is 1. The van der Waals surface area contributed by atoms with Crippen LogP contribution in [-0.2, 0) is 0 Å². The Balaban J connectivity index is 1.82. The number of rotatable bonds is 8. The molecule has 1 heterocycles. The van der Waals surface area contributed by atoms with Gasteiger partial charge in [-0.15, -0.1) is 10.2 Å². The third-order valence-corrected chi connectivity index (χ3v) is 5.56. The molecule has 0 atom stereocenters. The van der Waals surface area contributed by atoms with E-state index in [1.54, 1.807) is 24.3 Å². The number of ketones is 1. The Morgan fingerprint density at radius 1 is 1.07 bits per heavy atom. The maximum atomic E-state index is 12.4. The first-order valence-corrected chi connectivity index (χ1v) is 10.2. The van der Waals surface area contributed by atoms with Crippen LogP contribution in [-0.4, -0.2) is 47.7 Å². The molecule has 0 aliphatic rings. The quantitative estimate of drug-likeness (QED) is 0.298. The Morgan fingerprint density at radius 3 is 2.24 bits per heavy atom. The molecule has 152 valence electrons. The number of nitrogens with two attached hydrogens (primary N) is 1. The molecule has 0 saturated carbocycles. The third kappa shape index (κ3) is 4.48. The summed E-state index contributed by atoms with van der Waals surface area (Å²) in [5.41, 5.74) is 1.26. The number of carbonyl (C=O) groups is 1.